The maximum atomic E-state index is 12.2. The predicted octanol–water partition coefficient (Wildman–Crippen LogP) is 2.31. The molecule has 0 aliphatic carbocycles. The van der Waals surface area contributed by atoms with Gasteiger partial charge in [-0.05, 0) is 25.7 Å². The van der Waals surface area contributed by atoms with Crippen molar-refractivity contribution in [1.29, 1.82) is 0 Å². The van der Waals surface area contributed by atoms with Gasteiger partial charge in [-0.1, -0.05) is 20.3 Å². The predicted molar refractivity (Wildman–Crippen MR) is 71.8 cm³/mol. The summed E-state index contributed by atoms with van der Waals surface area (Å²) < 4.78 is 7.32. The molecular weight excluding hydrogens is 242 g/mol. The SMILES string of the molecule is CCOC(=O)C(c1nnc2n1CCCCC2)C(C)C. The zero-order valence-electron chi connectivity index (χ0n) is 12.1. The average Bonchev–Trinajstić information content (AvgIpc) is 2.60. The molecule has 0 radical (unpaired) electrons. The van der Waals surface area contributed by atoms with E-state index in [1.165, 1.54) is 6.42 Å². The number of carbonyl (C=O) groups is 1. The van der Waals surface area contributed by atoms with E-state index in [-0.39, 0.29) is 17.8 Å². The molecule has 0 spiro atoms. The van der Waals surface area contributed by atoms with E-state index in [1.807, 2.05) is 20.8 Å². The molecule has 0 bridgehead atoms. The number of nitrogens with zero attached hydrogens (tertiary/aromatic N) is 3. The van der Waals surface area contributed by atoms with Gasteiger partial charge in [0, 0.05) is 13.0 Å². The third-order valence-electron chi connectivity index (χ3n) is 3.62. The van der Waals surface area contributed by atoms with Crippen molar-refractivity contribution in [2.24, 2.45) is 5.92 Å². The fourth-order valence-corrected chi connectivity index (χ4v) is 2.65. The van der Waals surface area contributed by atoms with E-state index in [1.54, 1.807) is 0 Å². The highest BCUT2D eigenvalue weighted by Gasteiger charge is 2.31. The van der Waals surface area contributed by atoms with E-state index < -0.39 is 0 Å². The molecule has 0 N–H and O–H groups in total. The summed E-state index contributed by atoms with van der Waals surface area (Å²) in [5, 5.41) is 8.54. The number of aryl methyl sites for hydroxylation is 1. The summed E-state index contributed by atoms with van der Waals surface area (Å²) in [7, 11) is 0. The number of carbonyl (C=O) groups excluding carboxylic acids is 1. The lowest BCUT2D eigenvalue weighted by molar-refractivity contribution is -0.146. The summed E-state index contributed by atoms with van der Waals surface area (Å²) in [5.74, 6) is 1.47. The minimum absolute atomic E-state index is 0.163. The molecular formula is C14H23N3O2. The van der Waals surface area contributed by atoms with Gasteiger partial charge in [0.25, 0.3) is 0 Å². The molecule has 5 heteroatoms. The van der Waals surface area contributed by atoms with Crippen molar-refractivity contribution >= 4 is 5.97 Å². The number of hydrogen-bond acceptors (Lipinski definition) is 4. The monoisotopic (exact) mass is 265 g/mol. The van der Waals surface area contributed by atoms with Crippen LogP contribution in [0.5, 0.6) is 0 Å². The largest absolute Gasteiger partial charge is 0.465 e. The van der Waals surface area contributed by atoms with Crippen LogP contribution in [0.15, 0.2) is 0 Å². The highest BCUT2D eigenvalue weighted by molar-refractivity contribution is 5.77. The van der Waals surface area contributed by atoms with Gasteiger partial charge in [0.15, 0.2) is 0 Å². The van der Waals surface area contributed by atoms with Crippen molar-refractivity contribution in [2.75, 3.05) is 6.61 Å². The molecule has 0 amide bonds. The van der Waals surface area contributed by atoms with Crippen molar-refractivity contribution in [3.63, 3.8) is 0 Å². The number of rotatable bonds is 4. The molecule has 1 aromatic heterocycles. The summed E-state index contributed by atoms with van der Waals surface area (Å²) in [6.07, 6.45) is 4.46. The summed E-state index contributed by atoms with van der Waals surface area (Å²) in [4.78, 5) is 12.2. The van der Waals surface area contributed by atoms with Gasteiger partial charge < -0.3 is 9.30 Å². The highest BCUT2D eigenvalue weighted by atomic mass is 16.5. The standard InChI is InChI=1S/C14H23N3O2/c1-4-19-14(18)12(10(2)3)13-16-15-11-8-6-5-7-9-17(11)13/h10,12H,4-9H2,1-3H3. The van der Waals surface area contributed by atoms with E-state index in [0.717, 1.165) is 37.5 Å². The van der Waals surface area contributed by atoms with E-state index >= 15 is 0 Å². The molecule has 0 saturated heterocycles. The van der Waals surface area contributed by atoms with Crippen LogP contribution in [0.1, 0.15) is 57.6 Å². The molecule has 2 rings (SSSR count). The van der Waals surface area contributed by atoms with E-state index in [2.05, 4.69) is 14.8 Å². The third-order valence-corrected chi connectivity index (χ3v) is 3.62. The number of esters is 1. The van der Waals surface area contributed by atoms with Crippen LogP contribution in [0.3, 0.4) is 0 Å². The Morgan fingerprint density at radius 2 is 2.11 bits per heavy atom. The van der Waals surface area contributed by atoms with Crippen molar-refractivity contribution in [3.8, 4) is 0 Å². The van der Waals surface area contributed by atoms with Crippen LogP contribution in [0.4, 0.5) is 0 Å². The van der Waals surface area contributed by atoms with Crippen LogP contribution in [0.25, 0.3) is 0 Å². The molecule has 0 aromatic carbocycles. The number of fused-ring (bicyclic) bond motifs is 1. The Morgan fingerprint density at radius 3 is 2.79 bits per heavy atom. The molecule has 1 unspecified atom stereocenters. The van der Waals surface area contributed by atoms with Gasteiger partial charge in [-0.3, -0.25) is 4.79 Å². The van der Waals surface area contributed by atoms with E-state index in [4.69, 9.17) is 4.74 Å². The lowest BCUT2D eigenvalue weighted by Gasteiger charge is -2.19. The van der Waals surface area contributed by atoms with Crippen molar-refractivity contribution in [3.05, 3.63) is 11.6 Å². The van der Waals surface area contributed by atoms with E-state index in [0.29, 0.717) is 6.61 Å². The first-order chi connectivity index (χ1) is 9.15. The Kier molecular flexibility index (Phi) is 4.56. The maximum absolute atomic E-state index is 12.2. The topological polar surface area (TPSA) is 57.0 Å². The Morgan fingerprint density at radius 1 is 1.32 bits per heavy atom. The highest BCUT2D eigenvalue weighted by Crippen LogP contribution is 2.27. The summed E-state index contributed by atoms with van der Waals surface area (Å²) >= 11 is 0. The van der Waals surface area contributed by atoms with Gasteiger partial charge in [-0.2, -0.15) is 0 Å². The molecule has 1 aliphatic rings. The van der Waals surface area contributed by atoms with Gasteiger partial charge in [0.2, 0.25) is 0 Å². The molecule has 1 atom stereocenters. The van der Waals surface area contributed by atoms with Crippen LogP contribution in [0.2, 0.25) is 0 Å². The van der Waals surface area contributed by atoms with Gasteiger partial charge >= 0.3 is 5.97 Å². The summed E-state index contributed by atoms with van der Waals surface area (Å²) in [6.45, 7) is 7.21. The van der Waals surface area contributed by atoms with Crippen molar-refractivity contribution in [1.82, 2.24) is 14.8 Å². The van der Waals surface area contributed by atoms with E-state index in [9.17, 15) is 4.79 Å². The zero-order chi connectivity index (χ0) is 13.8. The van der Waals surface area contributed by atoms with Crippen LogP contribution >= 0.6 is 0 Å². The lowest BCUT2D eigenvalue weighted by atomic mass is 9.95. The second kappa shape index (κ2) is 6.17. The van der Waals surface area contributed by atoms with Gasteiger partial charge in [0.1, 0.15) is 17.6 Å². The summed E-state index contributed by atoms with van der Waals surface area (Å²) in [5.41, 5.74) is 0. The smallest absolute Gasteiger partial charge is 0.316 e. The first kappa shape index (κ1) is 14.0. The minimum atomic E-state index is -0.306. The molecule has 0 saturated carbocycles. The van der Waals surface area contributed by atoms with Crippen LogP contribution in [-0.4, -0.2) is 27.3 Å². The third kappa shape index (κ3) is 2.96. The Hall–Kier alpha value is -1.39. The minimum Gasteiger partial charge on any atom is -0.465 e. The molecule has 0 fully saturated rings. The second-order valence-electron chi connectivity index (χ2n) is 5.41. The fraction of sp³-hybridized carbons (Fsp3) is 0.786. The fourth-order valence-electron chi connectivity index (χ4n) is 2.65. The Balaban J connectivity index is 2.32. The molecule has 19 heavy (non-hydrogen) atoms. The average molecular weight is 265 g/mol. The van der Waals surface area contributed by atoms with Gasteiger partial charge in [-0.25, -0.2) is 0 Å². The Bertz CT molecular complexity index is 440. The van der Waals surface area contributed by atoms with Crippen molar-refractivity contribution < 1.29 is 9.53 Å². The molecule has 1 aromatic rings. The van der Waals surface area contributed by atoms with Gasteiger partial charge in [-0.15, -0.1) is 10.2 Å². The van der Waals surface area contributed by atoms with Crippen LogP contribution in [0, 0.1) is 5.92 Å². The first-order valence-corrected chi connectivity index (χ1v) is 7.23. The molecule has 2 heterocycles. The molecule has 5 nitrogen and oxygen atoms in total. The molecule has 106 valence electrons. The number of ether oxygens (including phenoxy) is 1. The normalized spacial score (nSPS) is 16.8. The summed E-state index contributed by atoms with van der Waals surface area (Å²) in [6, 6.07) is 0. The Labute approximate surface area is 114 Å². The van der Waals surface area contributed by atoms with Crippen LogP contribution in [-0.2, 0) is 22.5 Å². The van der Waals surface area contributed by atoms with Gasteiger partial charge in [0.05, 0.1) is 6.61 Å². The maximum Gasteiger partial charge on any atom is 0.316 e. The number of aromatic nitrogens is 3. The lowest BCUT2D eigenvalue weighted by Crippen LogP contribution is -2.25. The van der Waals surface area contributed by atoms with Crippen LogP contribution < -0.4 is 0 Å². The van der Waals surface area contributed by atoms with Crippen molar-refractivity contribution in [2.45, 2.75) is 58.9 Å². The zero-order valence-corrected chi connectivity index (χ0v) is 12.1. The number of hydrogen-bond donors (Lipinski definition) is 0. The quantitative estimate of drug-likeness (QED) is 0.784. The second-order valence-corrected chi connectivity index (χ2v) is 5.41. The molecule has 1 aliphatic heterocycles. The first-order valence-electron chi connectivity index (χ1n) is 7.23.